The van der Waals surface area contributed by atoms with Crippen molar-refractivity contribution >= 4 is 5.91 Å². The Hall–Kier alpha value is -2.29. The van der Waals surface area contributed by atoms with Gasteiger partial charge in [-0.2, -0.15) is 0 Å². The number of benzene rings is 2. The summed E-state index contributed by atoms with van der Waals surface area (Å²) in [4.78, 5) is 15.1. The van der Waals surface area contributed by atoms with Crippen molar-refractivity contribution in [3.05, 3.63) is 65.7 Å². The first-order chi connectivity index (χ1) is 13.2. The van der Waals surface area contributed by atoms with E-state index in [0.29, 0.717) is 19.1 Å². The van der Waals surface area contributed by atoms with Gasteiger partial charge in [0.2, 0.25) is 5.91 Å². The van der Waals surface area contributed by atoms with Gasteiger partial charge in [0.1, 0.15) is 12.4 Å². The second kappa shape index (κ2) is 9.59. The average molecular weight is 366 g/mol. The van der Waals surface area contributed by atoms with Crippen LogP contribution in [0.2, 0.25) is 0 Å². The van der Waals surface area contributed by atoms with Crippen LogP contribution in [-0.2, 0) is 17.9 Å². The molecule has 0 spiro atoms. The minimum Gasteiger partial charge on any atom is -0.489 e. The van der Waals surface area contributed by atoms with Crippen LogP contribution in [0.15, 0.2) is 54.6 Å². The lowest BCUT2D eigenvalue weighted by Gasteiger charge is -2.31. The Labute approximate surface area is 163 Å². The van der Waals surface area contributed by atoms with Crippen molar-refractivity contribution in [1.29, 1.82) is 0 Å². The summed E-state index contributed by atoms with van der Waals surface area (Å²) in [7, 11) is 0. The maximum Gasteiger partial charge on any atom is 0.226 e. The zero-order valence-corrected chi connectivity index (χ0v) is 16.6. The number of amides is 1. The fourth-order valence-corrected chi connectivity index (χ4v) is 3.75. The van der Waals surface area contributed by atoms with E-state index in [-0.39, 0.29) is 12.0 Å². The van der Waals surface area contributed by atoms with Gasteiger partial charge in [-0.25, -0.2) is 0 Å². The number of carbonyl (C=O) groups is 1. The van der Waals surface area contributed by atoms with Gasteiger partial charge in [0, 0.05) is 18.5 Å². The molecule has 27 heavy (non-hydrogen) atoms. The molecule has 0 heterocycles. The maximum atomic E-state index is 13.0. The Bertz CT molecular complexity index is 722. The molecule has 1 amide bonds. The molecule has 0 saturated heterocycles. The number of ether oxygens (including phenoxy) is 1. The minimum absolute atomic E-state index is 0.219. The molecule has 144 valence electrons. The molecule has 0 N–H and O–H groups in total. The smallest absolute Gasteiger partial charge is 0.226 e. The predicted octanol–water partition coefficient (Wildman–Crippen LogP) is 5.58. The molecule has 1 unspecified atom stereocenters. The van der Waals surface area contributed by atoms with Gasteiger partial charge in [-0.1, -0.05) is 62.2 Å². The zero-order chi connectivity index (χ0) is 19.1. The minimum atomic E-state index is 0.219. The van der Waals surface area contributed by atoms with Crippen molar-refractivity contribution < 1.29 is 9.53 Å². The molecule has 0 bridgehead atoms. The third kappa shape index (κ3) is 5.35. The highest BCUT2D eigenvalue weighted by atomic mass is 16.5. The van der Waals surface area contributed by atoms with Crippen LogP contribution < -0.4 is 4.74 Å². The van der Waals surface area contributed by atoms with E-state index in [0.717, 1.165) is 36.1 Å². The fraction of sp³-hybridized carbons (Fsp3) is 0.458. The average Bonchev–Trinajstić information content (AvgIpc) is 3.25. The van der Waals surface area contributed by atoms with E-state index < -0.39 is 0 Å². The van der Waals surface area contributed by atoms with Crippen molar-refractivity contribution in [2.75, 3.05) is 0 Å². The van der Waals surface area contributed by atoms with Crippen LogP contribution in [0.5, 0.6) is 5.75 Å². The van der Waals surface area contributed by atoms with Gasteiger partial charge >= 0.3 is 0 Å². The molecular weight excluding hydrogens is 334 g/mol. The van der Waals surface area contributed by atoms with Gasteiger partial charge in [-0.3, -0.25) is 4.79 Å². The Morgan fingerprint density at radius 1 is 1.07 bits per heavy atom. The SMILES string of the molecule is CCC(C)N(Cc1cccc(OCc2ccccc2)c1)C(=O)C1CCCC1. The highest BCUT2D eigenvalue weighted by molar-refractivity contribution is 5.79. The molecule has 1 atom stereocenters. The Morgan fingerprint density at radius 2 is 1.78 bits per heavy atom. The molecule has 3 heteroatoms. The summed E-state index contributed by atoms with van der Waals surface area (Å²) in [6.07, 6.45) is 5.45. The second-order valence-electron chi connectivity index (χ2n) is 7.63. The maximum absolute atomic E-state index is 13.0. The number of rotatable bonds is 8. The van der Waals surface area contributed by atoms with Crippen LogP contribution in [-0.4, -0.2) is 16.8 Å². The normalized spacial score (nSPS) is 15.5. The molecule has 2 aromatic carbocycles. The van der Waals surface area contributed by atoms with Crippen LogP contribution in [0, 0.1) is 5.92 Å². The van der Waals surface area contributed by atoms with Gasteiger partial charge in [-0.05, 0) is 49.4 Å². The molecule has 0 aliphatic heterocycles. The van der Waals surface area contributed by atoms with Crippen molar-refractivity contribution in [3.63, 3.8) is 0 Å². The van der Waals surface area contributed by atoms with Crippen molar-refractivity contribution in [2.45, 2.75) is 65.1 Å². The summed E-state index contributed by atoms with van der Waals surface area (Å²) in [6, 6.07) is 18.6. The molecule has 1 saturated carbocycles. The molecule has 0 radical (unpaired) electrons. The standard InChI is InChI=1S/C24H31NO2/c1-3-19(2)25(24(26)22-13-7-8-14-22)17-21-12-9-15-23(16-21)27-18-20-10-5-4-6-11-20/h4-6,9-12,15-16,19,22H,3,7-8,13-14,17-18H2,1-2H3. The van der Waals surface area contributed by atoms with Crippen molar-refractivity contribution in [3.8, 4) is 5.75 Å². The Kier molecular flexibility index (Phi) is 6.92. The molecular formula is C24H31NO2. The molecule has 0 aromatic heterocycles. The van der Waals surface area contributed by atoms with Crippen molar-refractivity contribution in [2.24, 2.45) is 5.92 Å². The highest BCUT2D eigenvalue weighted by Gasteiger charge is 2.29. The van der Waals surface area contributed by atoms with E-state index in [1.165, 1.54) is 12.8 Å². The fourth-order valence-electron chi connectivity index (χ4n) is 3.75. The zero-order valence-electron chi connectivity index (χ0n) is 16.6. The molecule has 3 rings (SSSR count). The van der Waals surface area contributed by atoms with Crippen LogP contribution in [0.4, 0.5) is 0 Å². The Balaban J connectivity index is 1.67. The van der Waals surface area contributed by atoms with Gasteiger partial charge in [0.15, 0.2) is 0 Å². The molecule has 1 aliphatic carbocycles. The summed E-state index contributed by atoms with van der Waals surface area (Å²) in [5, 5.41) is 0. The van der Waals surface area contributed by atoms with E-state index in [9.17, 15) is 4.79 Å². The predicted molar refractivity (Wildman–Crippen MR) is 109 cm³/mol. The number of carbonyl (C=O) groups excluding carboxylic acids is 1. The van der Waals surface area contributed by atoms with E-state index in [1.807, 2.05) is 30.3 Å². The highest BCUT2D eigenvalue weighted by Crippen LogP contribution is 2.28. The summed E-state index contributed by atoms with van der Waals surface area (Å²) in [6.45, 7) is 5.52. The van der Waals surface area contributed by atoms with Gasteiger partial charge in [0.25, 0.3) is 0 Å². The first-order valence-electron chi connectivity index (χ1n) is 10.2. The number of hydrogen-bond acceptors (Lipinski definition) is 2. The summed E-state index contributed by atoms with van der Waals surface area (Å²) >= 11 is 0. The van der Waals surface area contributed by atoms with E-state index in [4.69, 9.17) is 4.74 Å². The molecule has 1 aliphatic rings. The topological polar surface area (TPSA) is 29.5 Å². The van der Waals surface area contributed by atoms with E-state index >= 15 is 0 Å². The third-order valence-corrected chi connectivity index (χ3v) is 5.61. The first kappa shape index (κ1) is 19.5. The van der Waals surface area contributed by atoms with Crippen LogP contribution in [0.1, 0.15) is 57.1 Å². The number of hydrogen-bond donors (Lipinski definition) is 0. The van der Waals surface area contributed by atoms with Crippen LogP contribution >= 0.6 is 0 Å². The van der Waals surface area contributed by atoms with Crippen LogP contribution in [0.3, 0.4) is 0 Å². The quantitative estimate of drug-likeness (QED) is 0.611. The van der Waals surface area contributed by atoms with Gasteiger partial charge < -0.3 is 9.64 Å². The summed E-state index contributed by atoms with van der Waals surface area (Å²) in [5.41, 5.74) is 2.28. The van der Waals surface area contributed by atoms with Crippen LogP contribution in [0.25, 0.3) is 0 Å². The molecule has 1 fully saturated rings. The van der Waals surface area contributed by atoms with Gasteiger partial charge in [0.05, 0.1) is 0 Å². The third-order valence-electron chi connectivity index (χ3n) is 5.61. The summed E-state index contributed by atoms with van der Waals surface area (Å²) in [5.74, 6) is 1.41. The van der Waals surface area contributed by atoms with E-state index in [1.54, 1.807) is 0 Å². The lowest BCUT2D eigenvalue weighted by atomic mass is 10.0. The lowest BCUT2D eigenvalue weighted by molar-refractivity contribution is -0.138. The van der Waals surface area contributed by atoms with Gasteiger partial charge in [-0.15, -0.1) is 0 Å². The second-order valence-corrected chi connectivity index (χ2v) is 7.63. The Morgan fingerprint density at radius 3 is 2.48 bits per heavy atom. The molecule has 2 aromatic rings. The summed E-state index contributed by atoms with van der Waals surface area (Å²) < 4.78 is 5.96. The van der Waals surface area contributed by atoms with Crippen molar-refractivity contribution in [1.82, 2.24) is 4.90 Å². The lowest BCUT2D eigenvalue weighted by Crippen LogP contribution is -2.40. The first-order valence-corrected chi connectivity index (χ1v) is 10.2. The monoisotopic (exact) mass is 365 g/mol. The largest absolute Gasteiger partial charge is 0.489 e. The number of nitrogens with zero attached hydrogens (tertiary/aromatic N) is 1. The van der Waals surface area contributed by atoms with E-state index in [2.05, 4.69) is 43.0 Å². The molecule has 3 nitrogen and oxygen atoms in total.